The Morgan fingerprint density at radius 1 is 1.29 bits per heavy atom. The molecule has 1 aliphatic carbocycles. The average Bonchev–Trinajstić information content (AvgIpc) is 2.63. The van der Waals surface area contributed by atoms with Gasteiger partial charge in [0.25, 0.3) is 0 Å². The van der Waals surface area contributed by atoms with Crippen LogP contribution in [-0.2, 0) is 5.54 Å². The van der Waals surface area contributed by atoms with Gasteiger partial charge in [-0.15, -0.1) is 6.58 Å². The van der Waals surface area contributed by atoms with Crippen LogP contribution in [-0.4, -0.2) is 23.5 Å². The summed E-state index contributed by atoms with van der Waals surface area (Å²) in [5.41, 5.74) is 0.881. The number of hydrogen-bond donors (Lipinski definition) is 1. The second-order valence-corrected chi connectivity index (χ2v) is 7.45. The van der Waals surface area contributed by atoms with Crippen molar-refractivity contribution in [3.8, 4) is 0 Å². The summed E-state index contributed by atoms with van der Waals surface area (Å²) in [5.74, 6) is 0.660. The summed E-state index contributed by atoms with van der Waals surface area (Å²) in [6.07, 6.45) is 10.1. The molecule has 3 rings (SSSR count). The molecule has 2 aliphatic rings. The fourth-order valence-corrected chi connectivity index (χ4v) is 4.50. The number of nitrogens with one attached hydrogen (secondary N) is 1. The van der Waals surface area contributed by atoms with Gasteiger partial charge in [-0.1, -0.05) is 55.7 Å². The van der Waals surface area contributed by atoms with Crippen molar-refractivity contribution >= 4 is 6.03 Å². The molecule has 0 bridgehead atoms. The first-order chi connectivity index (χ1) is 11.7. The maximum absolute atomic E-state index is 12.9. The van der Waals surface area contributed by atoms with Crippen LogP contribution in [0.25, 0.3) is 0 Å². The Hall–Kier alpha value is -1.77. The van der Waals surface area contributed by atoms with E-state index >= 15 is 0 Å². The van der Waals surface area contributed by atoms with Crippen molar-refractivity contribution in [2.75, 3.05) is 6.54 Å². The smallest absolute Gasteiger partial charge is 0.318 e. The number of urea groups is 1. The molecule has 3 heteroatoms. The van der Waals surface area contributed by atoms with Crippen LogP contribution in [0.2, 0.25) is 0 Å². The fraction of sp³-hybridized carbons (Fsp3) is 0.571. The first kappa shape index (κ1) is 17.1. The van der Waals surface area contributed by atoms with Crippen LogP contribution in [0, 0.1) is 5.92 Å². The molecule has 1 N–H and O–H groups in total. The third-order valence-corrected chi connectivity index (χ3v) is 6.03. The SMILES string of the molecule is C=CC[C@]1(c2ccccc2)CCN([C@@H](C)C2CCCCC2)C(=O)N1. The Morgan fingerprint density at radius 2 is 2.00 bits per heavy atom. The molecule has 3 nitrogen and oxygen atoms in total. The Labute approximate surface area is 146 Å². The second-order valence-electron chi connectivity index (χ2n) is 7.45. The summed E-state index contributed by atoms with van der Waals surface area (Å²) in [5, 5.41) is 3.33. The van der Waals surface area contributed by atoms with Crippen LogP contribution in [0.15, 0.2) is 43.0 Å². The lowest BCUT2D eigenvalue weighted by Crippen LogP contribution is -2.60. The van der Waals surface area contributed by atoms with E-state index in [1.807, 2.05) is 24.3 Å². The van der Waals surface area contributed by atoms with Crippen LogP contribution in [0.5, 0.6) is 0 Å². The molecule has 2 fully saturated rings. The van der Waals surface area contributed by atoms with Crippen LogP contribution in [0.1, 0.15) is 57.4 Å². The molecule has 1 saturated carbocycles. The molecule has 1 saturated heterocycles. The Bertz CT molecular complexity index is 564. The number of hydrogen-bond acceptors (Lipinski definition) is 1. The Balaban J connectivity index is 1.75. The van der Waals surface area contributed by atoms with Crippen molar-refractivity contribution in [3.63, 3.8) is 0 Å². The largest absolute Gasteiger partial charge is 0.328 e. The molecule has 1 heterocycles. The normalized spacial score (nSPS) is 26.7. The fourth-order valence-electron chi connectivity index (χ4n) is 4.50. The maximum Gasteiger partial charge on any atom is 0.318 e. The van der Waals surface area contributed by atoms with Gasteiger partial charge in [0.2, 0.25) is 0 Å². The minimum atomic E-state index is -0.303. The van der Waals surface area contributed by atoms with E-state index in [1.54, 1.807) is 0 Å². The number of carbonyl (C=O) groups is 1. The zero-order chi connectivity index (χ0) is 17.0. The summed E-state index contributed by atoms with van der Waals surface area (Å²) in [7, 11) is 0. The lowest BCUT2D eigenvalue weighted by atomic mass is 9.80. The molecule has 1 aromatic rings. The van der Waals surface area contributed by atoms with E-state index < -0.39 is 0 Å². The predicted molar refractivity (Wildman–Crippen MR) is 98.8 cm³/mol. The summed E-state index contributed by atoms with van der Waals surface area (Å²) in [6.45, 7) is 6.97. The van der Waals surface area contributed by atoms with Gasteiger partial charge in [-0.2, -0.15) is 0 Å². The van der Waals surface area contributed by atoms with Gasteiger partial charge >= 0.3 is 6.03 Å². The highest BCUT2D eigenvalue weighted by atomic mass is 16.2. The Morgan fingerprint density at radius 3 is 2.62 bits per heavy atom. The summed E-state index contributed by atoms with van der Waals surface area (Å²) >= 11 is 0. The molecule has 0 unspecified atom stereocenters. The molecule has 0 aromatic heterocycles. The summed E-state index contributed by atoms with van der Waals surface area (Å²) in [6, 6.07) is 10.8. The number of carbonyl (C=O) groups excluding carboxylic acids is 1. The van der Waals surface area contributed by atoms with Crippen molar-refractivity contribution in [3.05, 3.63) is 48.6 Å². The summed E-state index contributed by atoms with van der Waals surface area (Å²) < 4.78 is 0. The molecule has 24 heavy (non-hydrogen) atoms. The predicted octanol–water partition coefficient (Wildman–Crippen LogP) is 4.84. The molecular weight excluding hydrogens is 296 g/mol. The van der Waals surface area contributed by atoms with Gasteiger partial charge in [0.1, 0.15) is 0 Å². The van der Waals surface area contributed by atoms with Gasteiger partial charge in [0, 0.05) is 12.6 Å². The van der Waals surface area contributed by atoms with Gasteiger partial charge in [0.05, 0.1) is 5.54 Å². The van der Waals surface area contributed by atoms with Crippen molar-refractivity contribution in [1.29, 1.82) is 0 Å². The van der Waals surface area contributed by atoms with E-state index in [0.29, 0.717) is 12.0 Å². The lowest BCUT2D eigenvalue weighted by Gasteiger charge is -2.46. The van der Waals surface area contributed by atoms with E-state index in [-0.39, 0.29) is 11.6 Å². The number of benzene rings is 1. The number of rotatable bonds is 5. The maximum atomic E-state index is 12.9. The monoisotopic (exact) mass is 326 g/mol. The lowest BCUT2D eigenvalue weighted by molar-refractivity contribution is 0.0966. The van der Waals surface area contributed by atoms with Crippen molar-refractivity contribution in [1.82, 2.24) is 10.2 Å². The van der Waals surface area contributed by atoms with Gasteiger partial charge in [0.15, 0.2) is 0 Å². The second kappa shape index (κ2) is 7.42. The van der Waals surface area contributed by atoms with Gasteiger partial charge in [-0.25, -0.2) is 4.79 Å². The average molecular weight is 326 g/mol. The molecule has 1 aromatic carbocycles. The van der Waals surface area contributed by atoms with Crippen molar-refractivity contribution in [2.24, 2.45) is 5.92 Å². The van der Waals surface area contributed by atoms with Gasteiger partial charge < -0.3 is 10.2 Å². The number of amides is 2. The minimum absolute atomic E-state index is 0.0880. The van der Waals surface area contributed by atoms with E-state index in [9.17, 15) is 4.79 Å². The zero-order valence-electron chi connectivity index (χ0n) is 14.8. The minimum Gasteiger partial charge on any atom is -0.328 e. The zero-order valence-corrected chi connectivity index (χ0v) is 14.8. The first-order valence-corrected chi connectivity index (χ1v) is 9.41. The van der Waals surface area contributed by atoms with E-state index in [1.165, 1.54) is 37.7 Å². The van der Waals surface area contributed by atoms with E-state index in [0.717, 1.165) is 19.4 Å². The molecule has 1 aliphatic heterocycles. The van der Waals surface area contributed by atoms with Crippen molar-refractivity contribution < 1.29 is 4.79 Å². The molecular formula is C21H30N2O. The molecule has 130 valence electrons. The molecule has 0 spiro atoms. The quantitative estimate of drug-likeness (QED) is 0.771. The molecule has 2 atom stereocenters. The van der Waals surface area contributed by atoms with Gasteiger partial charge in [-0.05, 0) is 44.1 Å². The highest BCUT2D eigenvalue weighted by Crippen LogP contribution is 2.35. The topological polar surface area (TPSA) is 32.3 Å². The molecule has 0 radical (unpaired) electrons. The Kier molecular flexibility index (Phi) is 5.27. The highest BCUT2D eigenvalue weighted by molar-refractivity contribution is 5.77. The van der Waals surface area contributed by atoms with Crippen LogP contribution >= 0.6 is 0 Å². The van der Waals surface area contributed by atoms with Gasteiger partial charge in [-0.3, -0.25) is 0 Å². The standard InChI is InChI=1S/C21H30N2O/c1-3-14-21(19-12-8-5-9-13-19)15-16-23(20(24)22-21)17(2)18-10-6-4-7-11-18/h3,5,8-9,12-13,17-18H,1,4,6-7,10-11,14-16H2,2H3,(H,22,24)/t17-,21+/m0/s1. The van der Waals surface area contributed by atoms with Crippen molar-refractivity contribution in [2.45, 2.75) is 63.5 Å². The van der Waals surface area contributed by atoms with Crippen LogP contribution < -0.4 is 5.32 Å². The summed E-state index contributed by atoms with van der Waals surface area (Å²) in [4.78, 5) is 15.0. The van der Waals surface area contributed by atoms with Crippen LogP contribution in [0.4, 0.5) is 4.79 Å². The number of nitrogens with zero attached hydrogens (tertiary/aromatic N) is 1. The van der Waals surface area contributed by atoms with E-state index in [2.05, 4.69) is 35.9 Å². The third kappa shape index (κ3) is 3.35. The highest BCUT2D eigenvalue weighted by Gasteiger charge is 2.41. The molecule has 2 amide bonds. The van der Waals surface area contributed by atoms with E-state index in [4.69, 9.17) is 0 Å². The van der Waals surface area contributed by atoms with Crippen LogP contribution in [0.3, 0.4) is 0 Å². The third-order valence-electron chi connectivity index (χ3n) is 6.03. The first-order valence-electron chi connectivity index (χ1n) is 9.41.